The standard InChI is InChI=1S/C13H27.2C2H5.2Al.3H/c1-3-5-7-9-11-13-12-10-8-6-4-2;2*1-2;;;;;/h1,3-13H2,2H3;2*1H2,2H3;;;;;/q;;;+1;+2;3*-1. The van der Waals surface area contributed by atoms with Gasteiger partial charge in [-0.3, -0.25) is 0 Å². The van der Waals surface area contributed by atoms with Crippen LogP contribution in [0.5, 0.6) is 0 Å². The van der Waals surface area contributed by atoms with Gasteiger partial charge >= 0.3 is 132 Å². The Labute approximate surface area is 143 Å². The number of unbranched alkanes of at least 4 members (excludes halogenated alkanes) is 10. The van der Waals surface area contributed by atoms with Crippen molar-refractivity contribution in [2.24, 2.45) is 0 Å². The van der Waals surface area contributed by atoms with Gasteiger partial charge in [-0.25, -0.2) is 0 Å². The number of hydrogen-bond donors (Lipinski definition) is 0. The van der Waals surface area contributed by atoms with Crippen molar-refractivity contribution in [2.45, 2.75) is 107 Å². The normalized spacial score (nSPS) is 9.74. The van der Waals surface area contributed by atoms with E-state index >= 15 is 0 Å². The summed E-state index contributed by atoms with van der Waals surface area (Å²) in [5, 5.41) is 4.14. The largest absolute Gasteiger partial charge is 1.00 e. The zero-order chi connectivity index (χ0) is 14.6. The van der Waals surface area contributed by atoms with E-state index in [9.17, 15) is 0 Å². The Morgan fingerprint density at radius 1 is 0.632 bits per heavy atom. The molecule has 0 saturated heterocycles. The van der Waals surface area contributed by atoms with Crippen LogP contribution in [0.3, 0.4) is 0 Å². The number of hydrogen-bond acceptors (Lipinski definition) is 0. The smallest absolute Gasteiger partial charge is 1.00 e. The van der Waals surface area contributed by atoms with Crippen LogP contribution in [0.15, 0.2) is 0 Å². The van der Waals surface area contributed by atoms with Gasteiger partial charge in [0.2, 0.25) is 0 Å². The Bertz CT molecular complexity index is 125. The molecule has 0 heterocycles. The summed E-state index contributed by atoms with van der Waals surface area (Å²) in [6, 6.07) is 0. The van der Waals surface area contributed by atoms with Gasteiger partial charge in [-0.15, -0.1) is 0 Å². The van der Waals surface area contributed by atoms with Crippen LogP contribution in [0.1, 0.15) is 95.7 Å². The molecule has 0 spiro atoms. The van der Waals surface area contributed by atoms with Gasteiger partial charge in [0, 0.05) is 0 Å². The molecule has 0 aliphatic heterocycles. The summed E-state index contributed by atoms with van der Waals surface area (Å²) in [7, 11) is 0. The molecular formula is C17H40Al2. The second-order valence-electron chi connectivity index (χ2n) is 5.43. The van der Waals surface area contributed by atoms with Gasteiger partial charge in [0.05, 0.1) is 0 Å². The molecule has 19 heavy (non-hydrogen) atoms. The summed E-state index contributed by atoms with van der Waals surface area (Å²) in [4.78, 5) is 0. The van der Waals surface area contributed by atoms with Gasteiger partial charge in [-0.2, -0.15) is 0 Å². The molecule has 0 saturated carbocycles. The first-order chi connectivity index (χ1) is 9.33. The molecule has 0 amide bonds. The van der Waals surface area contributed by atoms with E-state index in [1.165, 1.54) is 86.5 Å². The van der Waals surface area contributed by atoms with Crippen molar-refractivity contribution in [1.29, 1.82) is 0 Å². The minimum atomic E-state index is 0. The van der Waals surface area contributed by atoms with Crippen molar-refractivity contribution < 1.29 is 4.28 Å². The maximum atomic E-state index is 2.81. The SMILES string of the molecule is CCCCCCCCCCCC[CH2][Al+2].C[CH2][Al+][CH2]C.[H-].[H-].[H-]. The number of rotatable bonds is 13. The molecule has 0 aromatic heterocycles. The van der Waals surface area contributed by atoms with E-state index in [0.717, 1.165) is 15.2 Å². The second kappa shape index (κ2) is 24.1. The Morgan fingerprint density at radius 3 is 1.26 bits per heavy atom. The second-order valence-corrected chi connectivity index (χ2v) is 8.22. The quantitative estimate of drug-likeness (QED) is 0.259. The van der Waals surface area contributed by atoms with Crippen LogP contribution in [0.4, 0.5) is 0 Å². The van der Waals surface area contributed by atoms with Crippen LogP contribution >= 0.6 is 0 Å². The van der Waals surface area contributed by atoms with Crippen LogP contribution < -0.4 is 0 Å². The molecule has 114 valence electrons. The van der Waals surface area contributed by atoms with Gasteiger partial charge < -0.3 is 4.28 Å². The van der Waals surface area contributed by atoms with Crippen molar-refractivity contribution in [3.63, 3.8) is 0 Å². The molecule has 0 radical (unpaired) electrons. The van der Waals surface area contributed by atoms with Crippen LogP contribution in [0, 0.1) is 0 Å². The summed E-state index contributed by atoms with van der Waals surface area (Å²) in [6.45, 7) is 6.78. The predicted octanol–water partition coefficient (Wildman–Crippen LogP) is 6.79. The van der Waals surface area contributed by atoms with E-state index in [-0.39, 0.29) is 4.28 Å². The predicted molar refractivity (Wildman–Crippen MR) is 97.1 cm³/mol. The molecule has 0 aliphatic rings. The fraction of sp³-hybridized carbons (Fsp3) is 1.00. The first-order valence-corrected chi connectivity index (χ1v) is 11.3. The van der Waals surface area contributed by atoms with Crippen LogP contribution in [-0.2, 0) is 0 Å². The van der Waals surface area contributed by atoms with Gasteiger partial charge in [0.15, 0.2) is 0 Å². The third-order valence-corrected chi connectivity index (χ3v) is 4.95. The van der Waals surface area contributed by atoms with Crippen molar-refractivity contribution in [3.8, 4) is 0 Å². The van der Waals surface area contributed by atoms with Crippen LogP contribution in [-0.4, -0.2) is 31.5 Å². The van der Waals surface area contributed by atoms with E-state index in [2.05, 4.69) is 37.1 Å². The molecule has 0 aromatic rings. The van der Waals surface area contributed by atoms with Crippen molar-refractivity contribution in [3.05, 3.63) is 0 Å². The molecule has 0 bridgehead atoms. The maximum absolute atomic E-state index is 2.81. The minimum Gasteiger partial charge on any atom is -1.00 e. The summed E-state index contributed by atoms with van der Waals surface area (Å²) in [6.07, 6.45) is 16.0. The molecule has 2 heteroatoms. The minimum absolute atomic E-state index is 0. The first-order valence-electron chi connectivity index (χ1n) is 8.85. The third-order valence-electron chi connectivity index (χ3n) is 3.39. The molecule has 0 nitrogen and oxygen atoms in total. The maximum Gasteiger partial charge on any atom is -1.00 e. The summed E-state index contributed by atoms with van der Waals surface area (Å²) >= 11 is 3.63. The average Bonchev–Trinajstić information content (AvgIpc) is 2.43. The molecule has 0 fully saturated rings. The molecule has 0 unspecified atom stereocenters. The van der Waals surface area contributed by atoms with E-state index in [0.29, 0.717) is 0 Å². The molecule has 0 aromatic carbocycles. The summed E-state index contributed by atoms with van der Waals surface area (Å²) in [5.74, 6) is 0. The van der Waals surface area contributed by atoms with Crippen molar-refractivity contribution in [1.82, 2.24) is 0 Å². The molecule has 0 aliphatic carbocycles. The van der Waals surface area contributed by atoms with Crippen molar-refractivity contribution >= 4 is 31.5 Å². The van der Waals surface area contributed by atoms with E-state index < -0.39 is 0 Å². The van der Waals surface area contributed by atoms with Gasteiger partial charge in [0.1, 0.15) is 0 Å². The Kier molecular flexibility index (Phi) is 28.4. The third kappa shape index (κ3) is 28.1. The fourth-order valence-corrected chi connectivity index (χ4v) is 2.96. The van der Waals surface area contributed by atoms with E-state index in [1.54, 1.807) is 0 Å². The van der Waals surface area contributed by atoms with Crippen molar-refractivity contribution in [2.75, 3.05) is 0 Å². The van der Waals surface area contributed by atoms with Gasteiger partial charge in [-0.1, -0.05) is 6.92 Å². The molecule has 0 atom stereocenters. The zero-order valence-corrected chi connectivity index (χ0v) is 16.4. The van der Waals surface area contributed by atoms with E-state index in [4.69, 9.17) is 0 Å². The Morgan fingerprint density at radius 2 is 1.00 bits per heavy atom. The van der Waals surface area contributed by atoms with E-state index in [1.807, 2.05) is 0 Å². The van der Waals surface area contributed by atoms with Gasteiger partial charge in [-0.05, 0) is 0 Å². The summed E-state index contributed by atoms with van der Waals surface area (Å²) < 4.78 is 0. The topological polar surface area (TPSA) is 0 Å². The monoisotopic (exact) mass is 298 g/mol. The average molecular weight is 298 g/mol. The molecular weight excluding hydrogens is 258 g/mol. The zero-order valence-electron chi connectivity index (χ0n) is 17.1. The Balaban J connectivity index is -0.000000105. The molecule has 0 rings (SSSR count). The van der Waals surface area contributed by atoms with Crippen LogP contribution in [0.2, 0.25) is 15.8 Å². The fourth-order valence-electron chi connectivity index (χ4n) is 2.10. The molecule has 0 N–H and O–H groups in total. The summed E-state index contributed by atoms with van der Waals surface area (Å²) in [5.41, 5.74) is 0. The van der Waals surface area contributed by atoms with Crippen LogP contribution in [0.25, 0.3) is 0 Å². The van der Waals surface area contributed by atoms with Gasteiger partial charge in [0.25, 0.3) is 0 Å². The first kappa shape index (κ1) is 22.3. The Hall–Kier alpha value is 1.06.